The van der Waals surface area contributed by atoms with Crippen LogP contribution in [-0.4, -0.2) is 49.1 Å². The van der Waals surface area contributed by atoms with Crippen LogP contribution in [-0.2, 0) is 0 Å². The van der Waals surface area contributed by atoms with E-state index in [1.54, 1.807) is 0 Å². The summed E-state index contributed by atoms with van der Waals surface area (Å²) >= 11 is 0. The quantitative estimate of drug-likeness (QED) is 0.666. The molecule has 2 heteroatoms. The van der Waals surface area contributed by atoms with Crippen LogP contribution in [0.3, 0.4) is 0 Å². The lowest BCUT2D eigenvalue weighted by atomic mass is 9.94. The Kier molecular flexibility index (Phi) is 3.45. The molecule has 2 rings (SSSR count). The lowest BCUT2D eigenvalue weighted by Gasteiger charge is -2.31. The Morgan fingerprint density at radius 3 is 2.29 bits per heavy atom. The molecule has 0 aromatic rings. The summed E-state index contributed by atoms with van der Waals surface area (Å²) in [5.74, 6) is 0. The molecule has 0 aromatic heterocycles. The first-order valence-corrected chi connectivity index (χ1v) is 6.18. The van der Waals surface area contributed by atoms with Gasteiger partial charge in [-0.2, -0.15) is 0 Å². The zero-order valence-electron chi connectivity index (χ0n) is 9.71. The summed E-state index contributed by atoms with van der Waals surface area (Å²) in [7, 11) is 4.43. The molecule has 1 saturated carbocycles. The fourth-order valence-electron chi connectivity index (χ4n) is 2.97. The predicted molar refractivity (Wildman–Crippen MR) is 60.5 cm³/mol. The van der Waals surface area contributed by atoms with Crippen LogP contribution in [0.1, 0.15) is 38.5 Å². The van der Waals surface area contributed by atoms with E-state index in [2.05, 4.69) is 23.9 Å². The van der Waals surface area contributed by atoms with Gasteiger partial charge in [-0.05, 0) is 33.4 Å². The van der Waals surface area contributed by atoms with Crippen molar-refractivity contribution in [1.29, 1.82) is 0 Å². The lowest BCUT2D eigenvalue weighted by molar-refractivity contribution is 0.176. The van der Waals surface area contributed by atoms with Gasteiger partial charge in [-0.3, -0.25) is 4.90 Å². The van der Waals surface area contributed by atoms with E-state index in [9.17, 15) is 0 Å². The van der Waals surface area contributed by atoms with Gasteiger partial charge < -0.3 is 4.90 Å². The minimum atomic E-state index is 0.817. The molecular formula is C12H24N2. The van der Waals surface area contributed by atoms with Gasteiger partial charge >= 0.3 is 0 Å². The molecule has 0 unspecified atom stereocenters. The van der Waals surface area contributed by atoms with E-state index < -0.39 is 0 Å². The van der Waals surface area contributed by atoms with Crippen molar-refractivity contribution in [2.24, 2.45) is 0 Å². The summed E-state index contributed by atoms with van der Waals surface area (Å²) in [6, 6.07) is 1.74. The van der Waals surface area contributed by atoms with E-state index in [0.717, 1.165) is 12.1 Å². The molecule has 14 heavy (non-hydrogen) atoms. The SMILES string of the molecule is CN(C)[C@@H]1CCN(C2CCCCC2)C1. The molecule has 1 aliphatic carbocycles. The van der Waals surface area contributed by atoms with E-state index in [1.807, 2.05) is 0 Å². The van der Waals surface area contributed by atoms with E-state index >= 15 is 0 Å². The maximum absolute atomic E-state index is 2.74. The number of likely N-dealkylation sites (N-methyl/N-ethyl adjacent to an activating group) is 1. The fourth-order valence-corrected chi connectivity index (χ4v) is 2.97. The van der Waals surface area contributed by atoms with Crippen molar-refractivity contribution in [2.45, 2.75) is 50.6 Å². The Labute approximate surface area is 88.3 Å². The van der Waals surface area contributed by atoms with Gasteiger partial charge in [0.2, 0.25) is 0 Å². The molecular weight excluding hydrogens is 172 g/mol. The highest BCUT2D eigenvalue weighted by Gasteiger charge is 2.29. The van der Waals surface area contributed by atoms with Crippen LogP contribution in [0, 0.1) is 0 Å². The van der Waals surface area contributed by atoms with Crippen molar-refractivity contribution in [1.82, 2.24) is 9.80 Å². The smallest absolute Gasteiger partial charge is 0.0229 e. The molecule has 1 atom stereocenters. The summed E-state index contributed by atoms with van der Waals surface area (Å²) in [4.78, 5) is 5.13. The van der Waals surface area contributed by atoms with Gasteiger partial charge in [0.1, 0.15) is 0 Å². The summed E-state index contributed by atoms with van der Waals surface area (Å²) in [6.45, 7) is 2.66. The van der Waals surface area contributed by atoms with Crippen LogP contribution in [0.5, 0.6) is 0 Å². The number of nitrogens with zero attached hydrogens (tertiary/aromatic N) is 2. The van der Waals surface area contributed by atoms with Crippen molar-refractivity contribution < 1.29 is 0 Å². The van der Waals surface area contributed by atoms with Crippen LogP contribution < -0.4 is 0 Å². The molecule has 0 aromatic carbocycles. The van der Waals surface area contributed by atoms with Crippen LogP contribution in [0.25, 0.3) is 0 Å². The van der Waals surface area contributed by atoms with Gasteiger partial charge in [-0.1, -0.05) is 19.3 Å². The topological polar surface area (TPSA) is 6.48 Å². The Morgan fingerprint density at radius 2 is 1.71 bits per heavy atom. The first-order valence-electron chi connectivity index (χ1n) is 6.18. The molecule has 0 N–H and O–H groups in total. The largest absolute Gasteiger partial charge is 0.305 e. The van der Waals surface area contributed by atoms with Crippen molar-refractivity contribution in [3.63, 3.8) is 0 Å². The molecule has 0 radical (unpaired) electrons. The van der Waals surface area contributed by atoms with Gasteiger partial charge in [0, 0.05) is 25.2 Å². The second-order valence-corrected chi connectivity index (χ2v) is 5.19. The van der Waals surface area contributed by atoms with E-state index in [4.69, 9.17) is 0 Å². The number of hydrogen-bond donors (Lipinski definition) is 0. The molecule has 2 aliphatic rings. The molecule has 2 nitrogen and oxygen atoms in total. The normalized spacial score (nSPS) is 31.5. The first-order chi connectivity index (χ1) is 6.77. The Hall–Kier alpha value is -0.0800. The average molecular weight is 196 g/mol. The monoisotopic (exact) mass is 196 g/mol. The molecule has 1 aliphatic heterocycles. The maximum Gasteiger partial charge on any atom is 0.0229 e. The number of rotatable bonds is 2. The number of likely N-dealkylation sites (tertiary alicyclic amines) is 1. The fraction of sp³-hybridized carbons (Fsp3) is 1.00. The molecule has 0 amide bonds. The average Bonchev–Trinajstić information content (AvgIpc) is 2.68. The standard InChI is InChI=1S/C12H24N2/c1-13(2)12-8-9-14(10-12)11-6-4-3-5-7-11/h11-12H,3-10H2,1-2H3/t12-/m1/s1. The van der Waals surface area contributed by atoms with Crippen molar-refractivity contribution in [2.75, 3.05) is 27.2 Å². The predicted octanol–water partition coefficient (Wildman–Crippen LogP) is 1.95. The number of hydrogen-bond acceptors (Lipinski definition) is 2. The molecule has 2 fully saturated rings. The van der Waals surface area contributed by atoms with Gasteiger partial charge in [-0.15, -0.1) is 0 Å². The van der Waals surface area contributed by atoms with Crippen molar-refractivity contribution >= 4 is 0 Å². The van der Waals surface area contributed by atoms with Crippen molar-refractivity contribution in [3.8, 4) is 0 Å². The second-order valence-electron chi connectivity index (χ2n) is 5.19. The van der Waals surface area contributed by atoms with Crippen LogP contribution in [0.15, 0.2) is 0 Å². The van der Waals surface area contributed by atoms with E-state index in [0.29, 0.717) is 0 Å². The van der Waals surface area contributed by atoms with Crippen LogP contribution in [0.2, 0.25) is 0 Å². The molecule has 1 heterocycles. The van der Waals surface area contributed by atoms with E-state index in [-0.39, 0.29) is 0 Å². The lowest BCUT2D eigenvalue weighted by Crippen LogP contribution is -2.38. The minimum Gasteiger partial charge on any atom is -0.305 e. The minimum absolute atomic E-state index is 0.817. The molecule has 0 spiro atoms. The van der Waals surface area contributed by atoms with Gasteiger partial charge in [-0.25, -0.2) is 0 Å². The third kappa shape index (κ3) is 2.29. The first kappa shape index (κ1) is 10.4. The summed E-state index contributed by atoms with van der Waals surface area (Å²) in [6.07, 6.45) is 8.70. The third-order valence-corrected chi connectivity index (χ3v) is 4.02. The second kappa shape index (κ2) is 4.63. The summed E-state index contributed by atoms with van der Waals surface area (Å²) < 4.78 is 0. The summed E-state index contributed by atoms with van der Waals surface area (Å²) in [5, 5.41) is 0. The highest BCUT2D eigenvalue weighted by molar-refractivity contribution is 4.86. The third-order valence-electron chi connectivity index (χ3n) is 4.02. The molecule has 1 saturated heterocycles. The highest BCUT2D eigenvalue weighted by Crippen LogP contribution is 2.26. The zero-order chi connectivity index (χ0) is 9.97. The Bertz CT molecular complexity index is 173. The highest BCUT2D eigenvalue weighted by atomic mass is 15.2. The van der Waals surface area contributed by atoms with Crippen molar-refractivity contribution in [3.05, 3.63) is 0 Å². The van der Waals surface area contributed by atoms with Gasteiger partial charge in [0.05, 0.1) is 0 Å². The van der Waals surface area contributed by atoms with Crippen LogP contribution in [0.4, 0.5) is 0 Å². The molecule has 0 bridgehead atoms. The molecule has 82 valence electrons. The van der Waals surface area contributed by atoms with E-state index in [1.165, 1.54) is 51.6 Å². The van der Waals surface area contributed by atoms with Gasteiger partial charge in [0.25, 0.3) is 0 Å². The van der Waals surface area contributed by atoms with Gasteiger partial charge in [0.15, 0.2) is 0 Å². The summed E-state index contributed by atoms with van der Waals surface area (Å²) in [5.41, 5.74) is 0. The Balaban J connectivity index is 1.82. The maximum atomic E-state index is 2.74. The zero-order valence-corrected chi connectivity index (χ0v) is 9.71. The van der Waals surface area contributed by atoms with Crippen LogP contribution >= 0.6 is 0 Å². The Morgan fingerprint density at radius 1 is 1.00 bits per heavy atom.